The molecule has 0 spiro atoms. The lowest BCUT2D eigenvalue weighted by atomic mass is 10.1. The van der Waals surface area contributed by atoms with Crippen molar-refractivity contribution in [2.75, 3.05) is 13.2 Å². The van der Waals surface area contributed by atoms with Crippen LogP contribution in [-0.2, 0) is 22.6 Å². The van der Waals surface area contributed by atoms with Gasteiger partial charge in [0.05, 0.1) is 19.6 Å². The van der Waals surface area contributed by atoms with Crippen LogP contribution >= 0.6 is 0 Å². The standard InChI is InChI=1S/C19H23NO3/c1-15(13-23-14-16-7-3-2-4-8-16)12-20-19(22)11-17-9-5-6-10-18(17)21/h2-10,15,21H,11-14H2,1H3,(H,20,22)/t15-/m0/s1. The van der Waals surface area contributed by atoms with Gasteiger partial charge >= 0.3 is 0 Å². The van der Waals surface area contributed by atoms with E-state index in [2.05, 4.69) is 5.32 Å². The van der Waals surface area contributed by atoms with Gasteiger partial charge in [0.2, 0.25) is 5.91 Å². The van der Waals surface area contributed by atoms with E-state index in [1.54, 1.807) is 18.2 Å². The first-order chi connectivity index (χ1) is 11.1. The van der Waals surface area contributed by atoms with Gasteiger partial charge in [-0.25, -0.2) is 0 Å². The molecule has 0 saturated carbocycles. The molecule has 1 amide bonds. The summed E-state index contributed by atoms with van der Waals surface area (Å²) in [5.41, 5.74) is 1.78. The molecule has 0 bridgehead atoms. The van der Waals surface area contributed by atoms with E-state index in [1.807, 2.05) is 43.3 Å². The van der Waals surface area contributed by atoms with Crippen LogP contribution in [0, 0.1) is 5.92 Å². The van der Waals surface area contributed by atoms with E-state index in [4.69, 9.17) is 4.74 Å². The minimum Gasteiger partial charge on any atom is -0.508 e. The highest BCUT2D eigenvalue weighted by Crippen LogP contribution is 2.15. The summed E-state index contributed by atoms with van der Waals surface area (Å²) in [6, 6.07) is 16.9. The van der Waals surface area contributed by atoms with Gasteiger partial charge in [-0.2, -0.15) is 0 Å². The third kappa shape index (κ3) is 6.12. The molecule has 2 aromatic carbocycles. The Morgan fingerprint density at radius 1 is 1.13 bits per heavy atom. The second-order valence-electron chi connectivity index (χ2n) is 5.72. The number of benzene rings is 2. The topological polar surface area (TPSA) is 58.6 Å². The van der Waals surface area contributed by atoms with Gasteiger partial charge in [0.1, 0.15) is 5.75 Å². The number of phenols is 1. The molecule has 2 N–H and O–H groups in total. The lowest BCUT2D eigenvalue weighted by Gasteiger charge is -2.13. The van der Waals surface area contributed by atoms with Crippen molar-refractivity contribution < 1.29 is 14.6 Å². The number of nitrogens with one attached hydrogen (secondary N) is 1. The largest absolute Gasteiger partial charge is 0.508 e. The first kappa shape index (κ1) is 17.0. The van der Waals surface area contributed by atoms with Crippen LogP contribution in [0.2, 0.25) is 0 Å². The van der Waals surface area contributed by atoms with E-state index in [9.17, 15) is 9.90 Å². The maximum absolute atomic E-state index is 11.9. The number of hydrogen-bond donors (Lipinski definition) is 2. The molecule has 4 nitrogen and oxygen atoms in total. The van der Waals surface area contributed by atoms with Crippen LogP contribution in [-0.4, -0.2) is 24.2 Å². The fourth-order valence-electron chi connectivity index (χ4n) is 2.19. The summed E-state index contributed by atoms with van der Waals surface area (Å²) in [4.78, 5) is 11.9. The van der Waals surface area contributed by atoms with Gasteiger partial charge in [-0.1, -0.05) is 55.5 Å². The van der Waals surface area contributed by atoms with Gasteiger partial charge < -0.3 is 15.2 Å². The molecular formula is C19H23NO3. The molecular weight excluding hydrogens is 290 g/mol. The lowest BCUT2D eigenvalue weighted by molar-refractivity contribution is -0.120. The Morgan fingerprint density at radius 2 is 1.83 bits per heavy atom. The summed E-state index contributed by atoms with van der Waals surface area (Å²) in [5, 5.41) is 12.5. The van der Waals surface area contributed by atoms with Crippen molar-refractivity contribution >= 4 is 5.91 Å². The Morgan fingerprint density at radius 3 is 2.57 bits per heavy atom. The predicted octanol–water partition coefficient (Wildman–Crippen LogP) is 2.90. The van der Waals surface area contributed by atoms with Crippen molar-refractivity contribution in [3.63, 3.8) is 0 Å². The van der Waals surface area contributed by atoms with Gasteiger partial charge in [-0.15, -0.1) is 0 Å². The third-order valence-electron chi connectivity index (χ3n) is 3.50. The molecule has 0 unspecified atom stereocenters. The van der Waals surface area contributed by atoms with Crippen molar-refractivity contribution in [2.24, 2.45) is 5.92 Å². The van der Waals surface area contributed by atoms with Crippen molar-refractivity contribution in [3.05, 3.63) is 65.7 Å². The van der Waals surface area contributed by atoms with E-state index in [0.29, 0.717) is 25.3 Å². The number of carbonyl (C=O) groups is 1. The molecule has 0 heterocycles. The van der Waals surface area contributed by atoms with Crippen LogP contribution in [0.1, 0.15) is 18.1 Å². The summed E-state index contributed by atoms with van der Waals surface area (Å²) < 4.78 is 5.66. The van der Waals surface area contributed by atoms with Crippen LogP contribution < -0.4 is 5.32 Å². The molecule has 2 rings (SSSR count). The second-order valence-corrected chi connectivity index (χ2v) is 5.72. The van der Waals surface area contributed by atoms with Crippen LogP contribution in [0.3, 0.4) is 0 Å². The second kappa shape index (κ2) is 8.96. The summed E-state index contributed by atoms with van der Waals surface area (Å²) in [5.74, 6) is 0.287. The molecule has 2 aromatic rings. The highest BCUT2D eigenvalue weighted by atomic mass is 16.5. The first-order valence-electron chi connectivity index (χ1n) is 7.80. The van der Waals surface area contributed by atoms with Gasteiger partial charge in [-0.3, -0.25) is 4.79 Å². The molecule has 1 atom stereocenters. The van der Waals surface area contributed by atoms with E-state index < -0.39 is 0 Å². The van der Waals surface area contributed by atoms with Crippen LogP contribution in [0.15, 0.2) is 54.6 Å². The summed E-state index contributed by atoms with van der Waals surface area (Å²) >= 11 is 0. The Balaban J connectivity index is 1.65. The van der Waals surface area contributed by atoms with E-state index in [0.717, 1.165) is 5.56 Å². The predicted molar refractivity (Wildman–Crippen MR) is 90.1 cm³/mol. The van der Waals surface area contributed by atoms with Gasteiger partial charge in [0, 0.05) is 12.1 Å². The Bertz CT molecular complexity index is 613. The number of ether oxygens (including phenoxy) is 1. The van der Waals surface area contributed by atoms with Crippen LogP contribution in [0.4, 0.5) is 0 Å². The number of hydrogen-bond acceptors (Lipinski definition) is 3. The highest BCUT2D eigenvalue weighted by Gasteiger charge is 2.09. The maximum Gasteiger partial charge on any atom is 0.224 e. The smallest absolute Gasteiger partial charge is 0.224 e. The molecule has 0 aliphatic carbocycles. The molecule has 23 heavy (non-hydrogen) atoms. The highest BCUT2D eigenvalue weighted by molar-refractivity contribution is 5.79. The van der Waals surface area contributed by atoms with Crippen LogP contribution in [0.25, 0.3) is 0 Å². The van der Waals surface area contributed by atoms with E-state index in [-0.39, 0.29) is 24.0 Å². The number of rotatable bonds is 8. The summed E-state index contributed by atoms with van der Waals surface area (Å²) in [6.45, 7) is 3.76. The molecule has 0 aromatic heterocycles. The molecule has 4 heteroatoms. The Labute approximate surface area is 137 Å². The van der Waals surface area contributed by atoms with Gasteiger partial charge in [0.15, 0.2) is 0 Å². The molecule has 0 aliphatic heterocycles. The van der Waals surface area contributed by atoms with Crippen molar-refractivity contribution in [1.29, 1.82) is 0 Å². The van der Waals surface area contributed by atoms with Crippen molar-refractivity contribution in [2.45, 2.75) is 20.0 Å². The van der Waals surface area contributed by atoms with Crippen molar-refractivity contribution in [3.8, 4) is 5.75 Å². The SMILES string of the molecule is C[C@@H](CNC(=O)Cc1ccccc1O)COCc1ccccc1. The third-order valence-corrected chi connectivity index (χ3v) is 3.50. The van der Waals surface area contributed by atoms with E-state index >= 15 is 0 Å². The fraction of sp³-hybridized carbons (Fsp3) is 0.316. The molecule has 122 valence electrons. The minimum atomic E-state index is -0.0959. The zero-order valence-corrected chi connectivity index (χ0v) is 13.4. The fourth-order valence-corrected chi connectivity index (χ4v) is 2.19. The summed E-state index contributed by atoms with van der Waals surface area (Å²) in [7, 11) is 0. The number of amides is 1. The first-order valence-corrected chi connectivity index (χ1v) is 7.80. The number of carbonyl (C=O) groups excluding carboxylic acids is 1. The Kier molecular flexibility index (Phi) is 6.63. The number of aromatic hydroxyl groups is 1. The molecule has 0 aliphatic rings. The van der Waals surface area contributed by atoms with Crippen LogP contribution in [0.5, 0.6) is 5.75 Å². The zero-order valence-electron chi connectivity index (χ0n) is 13.4. The van der Waals surface area contributed by atoms with Crippen molar-refractivity contribution in [1.82, 2.24) is 5.32 Å². The number of phenolic OH excluding ortho intramolecular Hbond substituents is 1. The molecule has 0 radical (unpaired) electrons. The normalized spacial score (nSPS) is 11.9. The van der Waals surface area contributed by atoms with Gasteiger partial charge in [0.25, 0.3) is 0 Å². The summed E-state index contributed by atoms with van der Waals surface area (Å²) in [6.07, 6.45) is 0.185. The monoisotopic (exact) mass is 313 g/mol. The molecule has 0 fully saturated rings. The average Bonchev–Trinajstić information content (AvgIpc) is 2.56. The molecule has 0 saturated heterocycles. The minimum absolute atomic E-state index is 0.0959. The Hall–Kier alpha value is -2.33. The zero-order chi connectivity index (χ0) is 16.5. The maximum atomic E-state index is 11.9. The van der Waals surface area contributed by atoms with E-state index in [1.165, 1.54) is 0 Å². The average molecular weight is 313 g/mol. The lowest BCUT2D eigenvalue weighted by Crippen LogP contribution is -2.31. The quantitative estimate of drug-likeness (QED) is 0.788. The van der Waals surface area contributed by atoms with Gasteiger partial charge in [-0.05, 0) is 17.5 Å². The number of para-hydroxylation sites is 1.